The van der Waals surface area contributed by atoms with E-state index in [1.807, 2.05) is 55.5 Å². The fourth-order valence-corrected chi connectivity index (χ4v) is 4.24. The molecule has 2 aromatic rings. The largest absolute Gasteiger partial charge is 0.350 e. The summed E-state index contributed by atoms with van der Waals surface area (Å²) in [5, 5.41) is 6.01. The molecule has 0 bridgehead atoms. The number of amides is 2. The van der Waals surface area contributed by atoms with Gasteiger partial charge in [-0.1, -0.05) is 87.4 Å². The highest BCUT2D eigenvalue weighted by molar-refractivity contribution is 7.98. The van der Waals surface area contributed by atoms with Crippen molar-refractivity contribution in [3.8, 4) is 0 Å². The number of carbonyl (C=O) groups excluding carboxylic acids is 2. The molecule has 2 rings (SSSR count). The van der Waals surface area contributed by atoms with Gasteiger partial charge in [0, 0.05) is 24.0 Å². The number of hydrogen-bond acceptors (Lipinski definition) is 3. The first kappa shape index (κ1) is 24.0. The zero-order valence-electron chi connectivity index (χ0n) is 18.1. The van der Waals surface area contributed by atoms with Crippen molar-refractivity contribution < 1.29 is 9.59 Å². The molecule has 2 unspecified atom stereocenters. The molecule has 4 nitrogen and oxygen atoms in total. The van der Waals surface area contributed by atoms with Crippen LogP contribution in [-0.2, 0) is 21.9 Å². The lowest BCUT2D eigenvalue weighted by molar-refractivity contribution is -0.131. The van der Waals surface area contributed by atoms with Gasteiger partial charge in [0.2, 0.25) is 11.8 Å². The van der Waals surface area contributed by atoms with Crippen LogP contribution in [0, 0.1) is 5.92 Å². The Morgan fingerprint density at radius 3 is 2.13 bits per heavy atom. The van der Waals surface area contributed by atoms with Gasteiger partial charge in [-0.15, -0.1) is 0 Å². The molecular weight excluding hydrogens is 392 g/mol. The Morgan fingerprint density at radius 2 is 1.53 bits per heavy atom. The molecule has 0 aliphatic rings. The molecule has 0 spiro atoms. The van der Waals surface area contributed by atoms with Crippen molar-refractivity contribution in [1.82, 2.24) is 10.6 Å². The van der Waals surface area contributed by atoms with E-state index in [1.165, 1.54) is 5.56 Å². The van der Waals surface area contributed by atoms with Gasteiger partial charge in [-0.05, 0) is 24.0 Å². The van der Waals surface area contributed by atoms with Crippen LogP contribution >= 0.6 is 11.8 Å². The van der Waals surface area contributed by atoms with E-state index in [4.69, 9.17) is 0 Å². The minimum absolute atomic E-state index is 0.00822. The molecular formula is C25H34N2O2S. The third-order valence-electron chi connectivity index (χ3n) is 5.11. The van der Waals surface area contributed by atoms with Gasteiger partial charge in [-0.3, -0.25) is 9.59 Å². The van der Waals surface area contributed by atoms with Crippen LogP contribution in [0.2, 0.25) is 0 Å². The number of benzene rings is 2. The van der Waals surface area contributed by atoms with E-state index >= 15 is 0 Å². The van der Waals surface area contributed by atoms with Crippen molar-refractivity contribution in [2.75, 3.05) is 5.75 Å². The summed E-state index contributed by atoms with van der Waals surface area (Å²) in [6, 6.07) is 19.5. The van der Waals surface area contributed by atoms with Gasteiger partial charge in [0.25, 0.3) is 0 Å². The molecule has 0 saturated heterocycles. The minimum Gasteiger partial charge on any atom is -0.350 e. The van der Waals surface area contributed by atoms with Crippen LogP contribution in [0.15, 0.2) is 60.7 Å². The topological polar surface area (TPSA) is 58.2 Å². The van der Waals surface area contributed by atoms with Crippen LogP contribution in [0.1, 0.15) is 50.7 Å². The summed E-state index contributed by atoms with van der Waals surface area (Å²) < 4.78 is 0. The molecule has 0 heterocycles. The Labute approximate surface area is 185 Å². The summed E-state index contributed by atoms with van der Waals surface area (Å²) in [6.07, 6.45) is 3.76. The second-order valence-electron chi connectivity index (χ2n) is 7.51. The SMILES string of the molecule is CCCCC(CC)C(=O)NC(CSCc1ccccc1)C(=O)NCc1ccccc1. The number of carbonyl (C=O) groups is 2. The fraction of sp³-hybridized carbons (Fsp3) is 0.440. The Hall–Kier alpha value is -2.27. The number of thioether (sulfide) groups is 1. The molecule has 0 aromatic heterocycles. The summed E-state index contributed by atoms with van der Waals surface area (Å²) in [4.78, 5) is 25.7. The Balaban J connectivity index is 1.96. The van der Waals surface area contributed by atoms with Crippen molar-refractivity contribution in [2.45, 2.75) is 57.9 Å². The quantitative estimate of drug-likeness (QED) is 0.477. The maximum atomic E-state index is 12.9. The number of rotatable bonds is 13. The predicted molar refractivity (Wildman–Crippen MR) is 126 cm³/mol. The summed E-state index contributed by atoms with van der Waals surface area (Å²) >= 11 is 1.67. The van der Waals surface area contributed by atoms with Crippen molar-refractivity contribution in [2.24, 2.45) is 5.92 Å². The van der Waals surface area contributed by atoms with Gasteiger partial charge in [0.15, 0.2) is 0 Å². The van der Waals surface area contributed by atoms with Gasteiger partial charge >= 0.3 is 0 Å². The smallest absolute Gasteiger partial charge is 0.243 e. The number of hydrogen-bond donors (Lipinski definition) is 2. The molecule has 0 aliphatic carbocycles. The van der Waals surface area contributed by atoms with E-state index in [-0.39, 0.29) is 17.7 Å². The lowest BCUT2D eigenvalue weighted by Crippen LogP contribution is -2.49. The summed E-state index contributed by atoms with van der Waals surface area (Å²) in [5.74, 6) is 1.19. The van der Waals surface area contributed by atoms with Gasteiger partial charge in [0.05, 0.1) is 0 Å². The van der Waals surface area contributed by atoms with Crippen molar-refractivity contribution in [3.63, 3.8) is 0 Å². The highest BCUT2D eigenvalue weighted by atomic mass is 32.2. The Bertz CT molecular complexity index is 752. The average molecular weight is 427 g/mol. The van der Waals surface area contributed by atoms with Gasteiger partial charge in [0.1, 0.15) is 6.04 Å². The minimum atomic E-state index is -0.536. The van der Waals surface area contributed by atoms with Crippen LogP contribution in [0.5, 0.6) is 0 Å². The molecule has 0 saturated carbocycles. The first-order chi connectivity index (χ1) is 14.6. The fourth-order valence-electron chi connectivity index (χ4n) is 3.22. The van der Waals surface area contributed by atoms with Crippen molar-refractivity contribution >= 4 is 23.6 Å². The van der Waals surface area contributed by atoms with Gasteiger partial charge in [-0.2, -0.15) is 11.8 Å². The molecule has 5 heteroatoms. The maximum Gasteiger partial charge on any atom is 0.243 e. The molecule has 2 N–H and O–H groups in total. The van der Waals surface area contributed by atoms with Crippen LogP contribution in [0.3, 0.4) is 0 Å². The summed E-state index contributed by atoms with van der Waals surface area (Å²) in [6.45, 7) is 4.63. The number of unbranched alkanes of at least 4 members (excludes halogenated alkanes) is 1. The third-order valence-corrected chi connectivity index (χ3v) is 6.21. The highest BCUT2D eigenvalue weighted by Gasteiger charge is 2.24. The van der Waals surface area contributed by atoms with E-state index in [0.29, 0.717) is 12.3 Å². The second kappa shape index (κ2) is 13.9. The maximum absolute atomic E-state index is 12.9. The molecule has 0 radical (unpaired) electrons. The molecule has 162 valence electrons. The second-order valence-corrected chi connectivity index (χ2v) is 8.54. The first-order valence-electron chi connectivity index (χ1n) is 10.9. The standard InChI is InChI=1S/C25H34N2O2S/c1-3-5-16-22(4-2)24(28)27-23(19-30-18-21-14-10-7-11-15-21)25(29)26-17-20-12-8-6-9-13-20/h6-15,22-23H,3-5,16-19H2,1-2H3,(H,26,29)(H,27,28). The Kier molecular flexibility index (Phi) is 11.1. The molecule has 0 aliphatic heterocycles. The summed E-state index contributed by atoms with van der Waals surface area (Å²) in [5.41, 5.74) is 2.26. The molecule has 30 heavy (non-hydrogen) atoms. The lowest BCUT2D eigenvalue weighted by Gasteiger charge is -2.22. The van der Waals surface area contributed by atoms with Gasteiger partial charge < -0.3 is 10.6 Å². The van der Waals surface area contributed by atoms with E-state index in [1.54, 1.807) is 11.8 Å². The first-order valence-corrected chi connectivity index (χ1v) is 12.0. The van der Waals surface area contributed by atoms with Crippen LogP contribution in [-0.4, -0.2) is 23.6 Å². The highest BCUT2D eigenvalue weighted by Crippen LogP contribution is 2.16. The monoisotopic (exact) mass is 426 g/mol. The predicted octanol–water partition coefficient (Wildman–Crippen LogP) is 4.94. The van der Waals surface area contributed by atoms with Crippen LogP contribution in [0.25, 0.3) is 0 Å². The van der Waals surface area contributed by atoms with E-state index in [0.717, 1.165) is 37.0 Å². The zero-order chi connectivity index (χ0) is 21.6. The van der Waals surface area contributed by atoms with Crippen LogP contribution in [0.4, 0.5) is 0 Å². The van der Waals surface area contributed by atoms with E-state index in [9.17, 15) is 9.59 Å². The zero-order valence-corrected chi connectivity index (χ0v) is 18.9. The molecule has 2 atom stereocenters. The third kappa shape index (κ3) is 8.62. The summed E-state index contributed by atoms with van der Waals surface area (Å²) in [7, 11) is 0. The molecule has 0 fully saturated rings. The lowest BCUT2D eigenvalue weighted by atomic mass is 9.98. The molecule has 2 amide bonds. The van der Waals surface area contributed by atoms with Crippen molar-refractivity contribution in [3.05, 3.63) is 71.8 Å². The van der Waals surface area contributed by atoms with Gasteiger partial charge in [-0.25, -0.2) is 0 Å². The number of nitrogens with one attached hydrogen (secondary N) is 2. The van der Waals surface area contributed by atoms with E-state index in [2.05, 4.69) is 29.7 Å². The van der Waals surface area contributed by atoms with Crippen LogP contribution < -0.4 is 10.6 Å². The Morgan fingerprint density at radius 1 is 0.900 bits per heavy atom. The van der Waals surface area contributed by atoms with E-state index < -0.39 is 6.04 Å². The average Bonchev–Trinajstić information content (AvgIpc) is 2.78. The normalized spacial score (nSPS) is 12.7. The molecule has 2 aromatic carbocycles. The van der Waals surface area contributed by atoms with Crippen molar-refractivity contribution in [1.29, 1.82) is 0 Å².